The van der Waals surface area contributed by atoms with Crippen LogP contribution in [0.2, 0.25) is 0 Å². The fraction of sp³-hybridized carbons (Fsp3) is 0.333. The lowest BCUT2D eigenvalue weighted by Gasteiger charge is -2.09. The summed E-state index contributed by atoms with van der Waals surface area (Å²) in [5, 5.41) is 0. The van der Waals surface area contributed by atoms with E-state index in [0.717, 1.165) is 11.1 Å². The molecule has 0 atom stereocenters. The molecule has 0 radical (unpaired) electrons. The zero-order chi connectivity index (χ0) is 21.4. The zero-order valence-electron chi connectivity index (χ0n) is 16.7. The number of hydrogen-bond donors (Lipinski definition) is 1. The van der Waals surface area contributed by atoms with Gasteiger partial charge in [0.2, 0.25) is 15.8 Å². The fourth-order valence-electron chi connectivity index (χ4n) is 2.57. The number of sulfonamides is 1. The standard InChI is InChI=1S/C21H25NO6S/c1-15-10-11-17(13-16(15)2)29(25,26)22-12-6-9-21(24)28-14-19(23)18-7-4-5-8-20(18)27-3/h4-5,7-8,10-11,13,22H,6,9,12,14H2,1-3H3. The summed E-state index contributed by atoms with van der Waals surface area (Å²) in [7, 11) is -2.18. The van der Waals surface area contributed by atoms with Crippen LogP contribution >= 0.6 is 0 Å². The molecule has 0 aliphatic carbocycles. The SMILES string of the molecule is COc1ccccc1C(=O)COC(=O)CCCNS(=O)(=O)c1ccc(C)c(C)c1. The van der Waals surface area contributed by atoms with Crippen molar-refractivity contribution in [3.8, 4) is 5.75 Å². The summed E-state index contributed by atoms with van der Waals surface area (Å²) in [5.41, 5.74) is 2.23. The predicted octanol–water partition coefficient (Wildman–Crippen LogP) is 2.80. The predicted molar refractivity (Wildman–Crippen MR) is 109 cm³/mol. The molecule has 1 N–H and O–H groups in total. The number of Topliss-reactive ketones (excluding diaryl/α,β-unsaturated/α-hetero) is 1. The number of rotatable bonds is 10. The Balaban J connectivity index is 1.77. The van der Waals surface area contributed by atoms with E-state index in [2.05, 4.69) is 4.72 Å². The van der Waals surface area contributed by atoms with Crippen molar-refractivity contribution in [1.82, 2.24) is 4.72 Å². The number of aryl methyl sites for hydroxylation is 2. The van der Waals surface area contributed by atoms with E-state index >= 15 is 0 Å². The van der Waals surface area contributed by atoms with Crippen molar-refractivity contribution in [1.29, 1.82) is 0 Å². The summed E-state index contributed by atoms with van der Waals surface area (Å²) in [6.45, 7) is 3.44. The van der Waals surface area contributed by atoms with Gasteiger partial charge in [0.05, 0.1) is 17.6 Å². The number of carbonyl (C=O) groups excluding carboxylic acids is 2. The number of ether oxygens (including phenoxy) is 2. The van der Waals surface area contributed by atoms with E-state index in [-0.39, 0.29) is 30.1 Å². The monoisotopic (exact) mass is 419 g/mol. The molecule has 2 rings (SSSR count). The first-order valence-electron chi connectivity index (χ1n) is 9.13. The van der Waals surface area contributed by atoms with Crippen LogP contribution < -0.4 is 9.46 Å². The second-order valence-corrected chi connectivity index (χ2v) is 8.30. The van der Waals surface area contributed by atoms with Crippen LogP contribution in [0.25, 0.3) is 0 Å². The van der Waals surface area contributed by atoms with Crippen LogP contribution in [0.1, 0.15) is 34.3 Å². The Morgan fingerprint density at radius 1 is 1.03 bits per heavy atom. The number of para-hydroxylation sites is 1. The van der Waals surface area contributed by atoms with Crippen LogP contribution in [-0.2, 0) is 19.6 Å². The lowest BCUT2D eigenvalue weighted by Crippen LogP contribution is -2.25. The van der Waals surface area contributed by atoms with E-state index in [1.165, 1.54) is 7.11 Å². The third-order valence-corrected chi connectivity index (χ3v) is 5.87. The van der Waals surface area contributed by atoms with E-state index in [9.17, 15) is 18.0 Å². The van der Waals surface area contributed by atoms with Gasteiger partial charge in [-0.3, -0.25) is 9.59 Å². The number of ketones is 1. The van der Waals surface area contributed by atoms with Crippen LogP contribution in [-0.4, -0.2) is 40.4 Å². The smallest absolute Gasteiger partial charge is 0.306 e. The number of nitrogens with one attached hydrogen (secondary N) is 1. The first kappa shape index (κ1) is 22.6. The van der Waals surface area contributed by atoms with E-state index in [4.69, 9.17) is 9.47 Å². The van der Waals surface area contributed by atoms with Gasteiger partial charge in [-0.05, 0) is 55.7 Å². The van der Waals surface area contributed by atoms with Gasteiger partial charge in [-0.25, -0.2) is 13.1 Å². The van der Waals surface area contributed by atoms with Gasteiger partial charge in [-0.15, -0.1) is 0 Å². The van der Waals surface area contributed by atoms with Gasteiger partial charge in [0, 0.05) is 13.0 Å². The maximum atomic E-state index is 12.3. The Bertz CT molecular complexity index is 984. The fourth-order valence-corrected chi connectivity index (χ4v) is 3.73. The van der Waals surface area contributed by atoms with Crippen molar-refractivity contribution >= 4 is 21.8 Å². The molecule has 0 aromatic heterocycles. The van der Waals surface area contributed by atoms with Gasteiger partial charge in [0.25, 0.3) is 0 Å². The molecule has 8 heteroatoms. The van der Waals surface area contributed by atoms with Gasteiger partial charge >= 0.3 is 5.97 Å². The Kier molecular flexibility index (Phi) is 7.92. The van der Waals surface area contributed by atoms with Crippen molar-refractivity contribution in [2.75, 3.05) is 20.3 Å². The van der Waals surface area contributed by atoms with Crippen LogP contribution in [0.15, 0.2) is 47.4 Å². The summed E-state index contributed by atoms with van der Waals surface area (Å²) in [6.07, 6.45) is 0.250. The normalized spacial score (nSPS) is 11.1. The molecule has 0 saturated heterocycles. The summed E-state index contributed by atoms with van der Waals surface area (Å²) < 4.78 is 37.1. The number of carbonyl (C=O) groups is 2. The second-order valence-electron chi connectivity index (χ2n) is 6.53. The van der Waals surface area contributed by atoms with Gasteiger partial charge in [0.15, 0.2) is 6.61 Å². The van der Waals surface area contributed by atoms with Crippen molar-refractivity contribution in [2.24, 2.45) is 0 Å². The quantitative estimate of drug-likeness (QED) is 0.361. The number of methoxy groups -OCH3 is 1. The highest BCUT2D eigenvalue weighted by atomic mass is 32.2. The molecule has 0 bridgehead atoms. The van der Waals surface area contributed by atoms with Gasteiger partial charge in [-0.1, -0.05) is 18.2 Å². The molecule has 0 saturated carbocycles. The van der Waals surface area contributed by atoms with E-state index in [1.54, 1.807) is 42.5 Å². The lowest BCUT2D eigenvalue weighted by molar-refractivity contribution is -0.142. The van der Waals surface area contributed by atoms with Gasteiger partial charge in [0.1, 0.15) is 5.75 Å². The molecule has 0 unspecified atom stereocenters. The maximum Gasteiger partial charge on any atom is 0.306 e. The van der Waals surface area contributed by atoms with Crippen LogP contribution in [0.5, 0.6) is 5.75 Å². The van der Waals surface area contributed by atoms with Crippen LogP contribution in [0.3, 0.4) is 0 Å². The van der Waals surface area contributed by atoms with Crippen molar-refractivity contribution in [2.45, 2.75) is 31.6 Å². The van der Waals surface area contributed by atoms with Gasteiger partial charge in [-0.2, -0.15) is 0 Å². The third-order valence-electron chi connectivity index (χ3n) is 4.41. The van der Waals surface area contributed by atoms with E-state index in [0.29, 0.717) is 11.3 Å². The molecule has 2 aromatic rings. The molecule has 29 heavy (non-hydrogen) atoms. The molecular weight excluding hydrogens is 394 g/mol. The van der Waals surface area contributed by atoms with Crippen molar-refractivity contribution in [3.63, 3.8) is 0 Å². The molecular formula is C21H25NO6S. The van der Waals surface area contributed by atoms with Crippen molar-refractivity contribution < 1.29 is 27.5 Å². The third kappa shape index (κ3) is 6.40. The highest BCUT2D eigenvalue weighted by Gasteiger charge is 2.16. The number of benzene rings is 2. The highest BCUT2D eigenvalue weighted by molar-refractivity contribution is 7.89. The largest absolute Gasteiger partial charge is 0.496 e. The molecule has 0 heterocycles. The molecule has 0 fully saturated rings. The second kappa shape index (κ2) is 10.2. The Morgan fingerprint density at radius 2 is 1.76 bits per heavy atom. The summed E-state index contributed by atoms with van der Waals surface area (Å²) in [4.78, 5) is 24.2. The molecule has 2 aromatic carbocycles. The lowest BCUT2D eigenvalue weighted by atomic mass is 10.1. The number of esters is 1. The topological polar surface area (TPSA) is 98.8 Å². The first-order chi connectivity index (χ1) is 13.7. The van der Waals surface area contributed by atoms with Crippen LogP contribution in [0.4, 0.5) is 0 Å². The molecule has 0 spiro atoms. The number of hydrogen-bond acceptors (Lipinski definition) is 6. The Hall–Kier alpha value is -2.71. The molecule has 156 valence electrons. The minimum Gasteiger partial charge on any atom is -0.496 e. The van der Waals surface area contributed by atoms with E-state index < -0.39 is 22.6 Å². The first-order valence-corrected chi connectivity index (χ1v) is 10.6. The maximum absolute atomic E-state index is 12.3. The molecule has 7 nitrogen and oxygen atoms in total. The van der Waals surface area contributed by atoms with Gasteiger partial charge < -0.3 is 9.47 Å². The van der Waals surface area contributed by atoms with Crippen molar-refractivity contribution in [3.05, 3.63) is 59.2 Å². The average Bonchev–Trinajstić information content (AvgIpc) is 2.71. The minimum absolute atomic E-state index is 0.00531. The van der Waals surface area contributed by atoms with E-state index in [1.807, 2.05) is 13.8 Å². The summed E-state index contributed by atoms with van der Waals surface area (Å²) in [5.74, 6) is -0.529. The average molecular weight is 419 g/mol. The minimum atomic E-state index is -3.64. The molecule has 0 amide bonds. The summed E-state index contributed by atoms with van der Waals surface area (Å²) in [6, 6.07) is 11.6. The zero-order valence-corrected chi connectivity index (χ0v) is 17.5. The molecule has 0 aliphatic heterocycles. The Labute approximate surface area is 171 Å². The summed E-state index contributed by atoms with van der Waals surface area (Å²) >= 11 is 0. The highest BCUT2D eigenvalue weighted by Crippen LogP contribution is 2.18. The molecule has 0 aliphatic rings. The van der Waals surface area contributed by atoms with Crippen LogP contribution in [0, 0.1) is 13.8 Å². The Morgan fingerprint density at radius 3 is 2.45 bits per heavy atom.